The molecule has 12 heteroatoms. The monoisotopic (exact) mass is 403 g/mol. The van der Waals surface area contributed by atoms with Gasteiger partial charge in [0.2, 0.25) is 0 Å². The van der Waals surface area contributed by atoms with E-state index < -0.39 is 27.1 Å². The molecule has 2 rings (SSSR count). The van der Waals surface area contributed by atoms with Gasteiger partial charge in [-0.3, -0.25) is 25.0 Å². The molecule has 0 saturated heterocycles. The molecule has 2 aromatic carbocycles. The lowest BCUT2D eigenvalue weighted by Gasteiger charge is -2.13. The number of hydrogen-bond donors (Lipinski definition) is 2. The number of ether oxygens (including phenoxy) is 1. The van der Waals surface area contributed by atoms with Gasteiger partial charge in [-0.15, -0.1) is 0 Å². The number of anilines is 1. The maximum atomic E-state index is 12.3. The third kappa shape index (κ3) is 4.55. The number of hydrazone groups is 1. The summed E-state index contributed by atoms with van der Waals surface area (Å²) in [5.74, 6) is -0.902. The molecule has 2 N–H and O–H groups in total. The van der Waals surface area contributed by atoms with Gasteiger partial charge in [-0.2, -0.15) is 5.10 Å². The fraction of sp³-hybridized carbons (Fsp3) is 0.176. The first-order chi connectivity index (χ1) is 13.7. The van der Waals surface area contributed by atoms with E-state index >= 15 is 0 Å². The number of amides is 1. The minimum absolute atomic E-state index is 0.199. The highest BCUT2D eigenvalue weighted by Gasteiger charge is 2.29. The summed E-state index contributed by atoms with van der Waals surface area (Å²) in [4.78, 5) is 34.6. The number of methoxy groups -OCH3 is 1. The van der Waals surface area contributed by atoms with Gasteiger partial charge in [0.05, 0.1) is 28.7 Å². The van der Waals surface area contributed by atoms with Gasteiger partial charge in [0.1, 0.15) is 0 Å². The Labute approximate surface area is 164 Å². The first kappa shape index (κ1) is 21.1. The van der Waals surface area contributed by atoms with E-state index in [4.69, 9.17) is 4.74 Å². The first-order valence-corrected chi connectivity index (χ1v) is 8.00. The van der Waals surface area contributed by atoms with Gasteiger partial charge in [-0.25, -0.2) is 5.43 Å². The Morgan fingerprint density at radius 3 is 2.28 bits per heavy atom. The number of nitro benzene ring substituents is 2. The molecule has 1 amide bonds. The summed E-state index contributed by atoms with van der Waals surface area (Å²) in [5.41, 5.74) is 0.612. The fourth-order valence-corrected chi connectivity index (χ4v) is 2.51. The summed E-state index contributed by atoms with van der Waals surface area (Å²) in [6.07, 6.45) is 1.13. The van der Waals surface area contributed by atoms with Crippen LogP contribution in [-0.2, 0) is 0 Å². The summed E-state index contributed by atoms with van der Waals surface area (Å²) in [6.45, 7) is 0. The largest absolute Gasteiger partial charge is 0.504 e. The Kier molecular flexibility index (Phi) is 6.29. The second-order valence-electron chi connectivity index (χ2n) is 5.87. The molecular formula is C17H17N5O7. The number of hydrogen-bond acceptors (Lipinski definition) is 9. The summed E-state index contributed by atoms with van der Waals surface area (Å²) in [5, 5.41) is 36.3. The molecule has 152 valence electrons. The minimum Gasteiger partial charge on any atom is -0.504 e. The lowest BCUT2D eigenvalue weighted by Crippen LogP contribution is -2.20. The van der Waals surface area contributed by atoms with Gasteiger partial charge in [0, 0.05) is 31.8 Å². The number of carbonyl (C=O) groups is 1. The minimum atomic E-state index is -0.903. The van der Waals surface area contributed by atoms with Crippen LogP contribution in [0.25, 0.3) is 0 Å². The zero-order valence-corrected chi connectivity index (χ0v) is 15.6. The topological polar surface area (TPSA) is 160 Å². The van der Waals surface area contributed by atoms with E-state index in [9.17, 15) is 30.1 Å². The van der Waals surface area contributed by atoms with Crippen LogP contribution in [0.1, 0.15) is 15.9 Å². The van der Waals surface area contributed by atoms with E-state index in [1.54, 1.807) is 6.07 Å². The van der Waals surface area contributed by atoms with E-state index in [1.165, 1.54) is 38.2 Å². The van der Waals surface area contributed by atoms with E-state index in [1.807, 2.05) is 0 Å². The average molecular weight is 403 g/mol. The predicted molar refractivity (Wildman–Crippen MR) is 104 cm³/mol. The van der Waals surface area contributed by atoms with Crippen LogP contribution in [0.5, 0.6) is 11.5 Å². The zero-order valence-electron chi connectivity index (χ0n) is 15.6. The average Bonchev–Trinajstić information content (AvgIpc) is 2.67. The number of benzene rings is 2. The van der Waals surface area contributed by atoms with Crippen LogP contribution in [0.4, 0.5) is 17.1 Å². The molecule has 0 atom stereocenters. The van der Waals surface area contributed by atoms with Crippen LogP contribution in [0.2, 0.25) is 0 Å². The molecule has 0 saturated carbocycles. The zero-order chi connectivity index (χ0) is 21.7. The Balaban J connectivity index is 2.36. The van der Waals surface area contributed by atoms with Crippen molar-refractivity contribution in [3.63, 3.8) is 0 Å². The maximum Gasteiger partial charge on any atom is 0.300 e. The van der Waals surface area contributed by atoms with Crippen molar-refractivity contribution in [3.8, 4) is 11.5 Å². The van der Waals surface area contributed by atoms with Crippen LogP contribution in [0.15, 0.2) is 35.4 Å². The maximum absolute atomic E-state index is 12.3. The third-order valence-corrected chi connectivity index (χ3v) is 3.79. The summed E-state index contributed by atoms with van der Waals surface area (Å²) in [6, 6.07) is 6.48. The Morgan fingerprint density at radius 2 is 1.79 bits per heavy atom. The Bertz CT molecular complexity index is 969. The molecule has 0 radical (unpaired) electrons. The molecule has 0 heterocycles. The fourth-order valence-electron chi connectivity index (χ4n) is 2.51. The van der Waals surface area contributed by atoms with Gasteiger partial charge < -0.3 is 14.7 Å². The van der Waals surface area contributed by atoms with Crippen LogP contribution < -0.4 is 15.1 Å². The first-order valence-electron chi connectivity index (χ1n) is 8.00. The molecular weight excluding hydrogens is 386 g/mol. The predicted octanol–water partition coefficient (Wildman–Crippen LogP) is 2.05. The Hall–Kier alpha value is -4.22. The van der Waals surface area contributed by atoms with Crippen molar-refractivity contribution in [2.75, 3.05) is 26.1 Å². The number of rotatable bonds is 7. The van der Waals surface area contributed by atoms with Crippen molar-refractivity contribution >= 4 is 29.2 Å². The van der Waals surface area contributed by atoms with Crippen molar-refractivity contribution < 1.29 is 24.5 Å². The third-order valence-electron chi connectivity index (χ3n) is 3.79. The molecule has 0 aliphatic carbocycles. The number of nitrogens with one attached hydrogen (secondary N) is 1. The molecule has 0 unspecified atom stereocenters. The van der Waals surface area contributed by atoms with Crippen molar-refractivity contribution in [2.24, 2.45) is 5.10 Å². The van der Waals surface area contributed by atoms with E-state index in [-0.39, 0.29) is 28.3 Å². The molecule has 29 heavy (non-hydrogen) atoms. The number of nitrogens with zero attached hydrogens (tertiary/aromatic N) is 4. The normalized spacial score (nSPS) is 10.6. The number of aromatic hydroxyl groups is 1. The molecule has 12 nitrogen and oxygen atoms in total. The van der Waals surface area contributed by atoms with Crippen LogP contribution in [0, 0.1) is 20.2 Å². The van der Waals surface area contributed by atoms with Gasteiger partial charge in [-0.1, -0.05) is 6.07 Å². The SMILES string of the molecule is COc1cccc(/C=N\NC(=O)c2cc([N+](=O)[O-])c(N(C)C)c([N+](=O)[O-])c2)c1O. The van der Waals surface area contributed by atoms with Crippen LogP contribution in [0.3, 0.4) is 0 Å². The smallest absolute Gasteiger partial charge is 0.300 e. The molecule has 0 aliphatic rings. The lowest BCUT2D eigenvalue weighted by molar-refractivity contribution is -0.392. The number of nitro groups is 2. The molecule has 0 aliphatic heterocycles. The molecule has 2 aromatic rings. The summed E-state index contributed by atoms with van der Waals surface area (Å²) >= 11 is 0. The van der Waals surface area contributed by atoms with Crippen molar-refractivity contribution in [1.82, 2.24) is 5.43 Å². The highest BCUT2D eigenvalue weighted by molar-refractivity contribution is 5.98. The van der Waals surface area contributed by atoms with Crippen molar-refractivity contribution in [1.29, 1.82) is 0 Å². The van der Waals surface area contributed by atoms with Gasteiger partial charge in [0.25, 0.3) is 17.3 Å². The van der Waals surface area contributed by atoms with Gasteiger partial charge in [-0.05, 0) is 12.1 Å². The number of para-hydroxylation sites is 1. The number of carbonyl (C=O) groups excluding carboxylic acids is 1. The van der Waals surface area contributed by atoms with Crippen molar-refractivity contribution in [3.05, 3.63) is 61.7 Å². The highest BCUT2D eigenvalue weighted by atomic mass is 16.6. The van der Waals surface area contributed by atoms with E-state index in [0.29, 0.717) is 0 Å². The standard InChI is InChI=1S/C17H17N5O7/c1-20(2)15-12(21(25)26)7-11(8-13(15)22(27)28)17(24)19-18-9-10-5-4-6-14(29-3)16(10)23/h4-9,23H,1-3H3,(H,19,24)/b18-9-. The highest BCUT2D eigenvalue weighted by Crippen LogP contribution is 2.37. The van der Waals surface area contributed by atoms with Gasteiger partial charge >= 0.3 is 0 Å². The second-order valence-corrected chi connectivity index (χ2v) is 5.87. The van der Waals surface area contributed by atoms with Gasteiger partial charge in [0.15, 0.2) is 17.2 Å². The quantitative estimate of drug-likeness (QED) is 0.403. The lowest BCUT2D eigenvalue weighted by atomic mass is 10.1. The molecule has 0 fully saturated rings. The second kappa shape index (κ2) is 8.65. The molecule has 0 bridgehead atoms. The summed E-state index contributed by atoms with van der Waals surface area (Å²) in [7, 11) is 4.20. The van der Waals surface area contributed by atoms with Crippen LogP contribution in [-0.4, -0.2) is 48.3 Å². The van der Waals surface area contributed by atoms with Crippen LogP contribution >= 0.6 is 0 Å². The molecule has 0 aromatic heterocycles. The van der Waals surface area contributed by atoms with Crippen molar-refractivity contribution in [2.45, 2.75) is 0 Å². The Morgan fingerprint density at radius 1 is 1.21 bits per heavy atom. The van der Waals surface area contributed by atoms with E-state index in [0.717, 1.165) is 18.3 Å². The number of phenolic OH excluding ortho intramolecular Hbond substituents is 1. The number of phenols is 1. The van der Waals surface area contributed by atoms with E-state index in [2.05, 4.69) is 10.5 Å². The molecule has 0 spiro atoms. The summed E-state index contributed by atoms with van der Waals surface area (Å²) < 4.78 is 4.95.